The van der Waals surface area contributed by atoms with Crippen LogP contribution in [-0.4, -0.2) is 47.9 Å². The molecule has 5 heteroatoms. The number of ether oxygens (including phenoxy) is 1. The van der Waals surface area contributed by atoms with Gasteiger partial charge < -0.3 is 15.2 Å². The van der Waals surface area contributed by atoms with Crippen LogP contribution >= 0.6 is 11.8 Å². The van der Waals surface area contributed by atoms with E-state index in [1.807, 2.05) is 25.6 Å². The minimum absolute atomic E-state index is 0.149. The normalized spacial score (nSPS) is 14.1. The fourth-order valence-electron chi connectivity index (χ4n) is 1.75. The molecule has 0 bridgehead atoms. The van der Waals surface area contributed by atoms with Crippen molar-refractivity contribution in [1.29, 1.82) is 0 Å². The van der Waals surface area contributed by atoms with Crippen LogP contribution in [0.4, 0.5) is 0 Å². The molecule has 2 N–H and O–H groups in total. The quantitative estimate of drug-likeness (QED) is 0.426. The summed E-state index contributed by atoms with van der Waals surface area (Å²) in [5.74, 6) is 1.85. The number of thioether (sulfide) groups is 1. The Bertz CT molecular complexity index is 239. The van der Waals surface area contributed by atoms with Crippen LogP contribution in [-0.2, 0) is 9.53 Å². The molecule has 0 amide bonds. The maximum Gasteiger partial charge on any atom is 0.326 e. The summed E-state index contributed by atoms with van der Waals surface area (Å²) in [6.07, 6.45) is 3.61. The zero-order valence-corrected chi connectivity index (χ0v) is 13.4. The molecule has 4 nitrogen and oxygen atoms in total. The molecule has 0 aromatic rings. The molecule has 0 aromatic heterocycles. The molecule has 0 aliphatic carbocycles. The van der Waals surface area contributed by atoms with Gasteiger partial charge in [0.15, 0.2) is 0 Å². The Labute approximate surface area is 121 Å². The lowest BCUT2D eigenvalue weighted by atomic mass is 9.96. The number of esters is 1. The van der Waals surface area contributed by atoms with Gasteiger partial charge >= 0.3 is 5.97 Å². The summed E-state index contributed by atoms with van der Waals surface area (Å²) in [7, 11) is 0. The van der Waals surface area contributed by atoms with Crippen LogP contribution in [0.2, 0.25) is 0 Å². The van der Waals surface area contributed by atoms with Crippen molar-refractivity contribution in [2.75, 3.05) is 31.3 Å². The zero-order chi connectivity index (χ0) is 14.6. The minimum atomic E-state index is -0.566. The molecule has 19 heavy (non-hydrogen) atoms. The Morgan fingerprint density at radius 2 is 2.00 bits per heavy atom. The molecule has 0 spiro atoms. The highest BCUT2D eigenvalue weighted by Crippen LogP contribution is 2.17. The monoisotopic (exact) mass is 291 g/mol. The topological polar surface area (TPSA) is 58.6 Å². The highest BCUT2D eigenvalue weighted by molar-refractivity contribution is 7.99. The summed E-state index contributed by atoms with van der Waals surface area (Å²) in [4.78, 5) is 12.0. The smallest absolute Gasteiger partial charge is 0.326 e. The van der Waals surface area contributed by atoms with E-state index in [0.717, 1.165) is 43.7 Å². The van der Waals surface area contributed by atoms with E-state index in [2.05, 4.69) is 12.2 Å². The first-order chi connectivity index (χ1) is 9.10. The van der Waals surface area contributed by atoms with Crippen LogP contribution in [0.1, 0.15) is 46.5 Å². The molecular formula is C14H29NO3S. The Morgan fingerprint density at radius 1 is 1.32 bits per heavy atom. The first-order valence-electron chi connectivity index (χ1n) is 7.21. The van der Waals surface area contributed by atoms with Crippen molar-refractivity contribution in [3.05, 3.63) is 0 Å². The van der Waals surface area contributed by atoms with Crippen molar-refractivity contribution in [2.24, 2.45) is 0 Å². The third-order valence-corrected chi connectivity index (χ3v) is 4.06. The van der Waals surface area contributed by atoms with Gasteiger partial charge in [-0.3, -0.25) is 4.79 Å². The lowest BCUT2D eigenvalue weighted by molar-refractivity contribution is -0.150. The van der Waals surface area contributed by atoms with E-state index in [0.29, 0.717) is 6.61 Å². The number of rotatable bonds is 12. The molecule has 1 atom stereocenters. The number of hydrogen-bond donors (Lipinski definition) is 2. The average molecular weight is 291 g/mol. The first kappa shape index (κ1) is 18.7. The van der Waals surface area contributed by atoms with E-state index < -0.39 is 5.54 Å². The number of carbonyl (C=O) groups is 1. The number of nitrogens with one attached hydrogen (secondary N) is 1. The Morgan fingerprint density at radius 3 is 2.58 bits per heavy atom. The van der Waals surface area contributed by atoms with Gasteiger partial charge in [-0.25, -0.2) is 0 Å². The van der Waals surface area contributed by atoms with Crippen LogP contribution in [0.15, 0.2) is 0 Å². The summed E-state index contributed by atoms with van der Waals surface area (Å²) in [6.45, 7) is 7.36. The van der Waals surface area contributed by atoms with E-state index in [1.54, 1.807) is 0 Å². The second kappa shape index (κ2) is 11.6. The van der Waals surface area contributed by atoms with Crippen molar-refractivity contribution in [3.8, 4) is 0 Å². The molecular weight excluding hydrogens is 262 g/mol. The SMILES string of the molecule is CCCNC(C)(CCCSCCCO)C(=O)OCC. The van der Waals surface area contributed by atoms with Crippen molar-refractivity contribution in [2.45, 2.75) is 52.0 Å². The predicted molar refractivity (Wildman–Crippen MR) is 81.6 cm³/mol. The fourth-order valence-corrected chi connectivity index (χ4v) is 2.64. The molecule has 0 heterocycles. The van der Waals surface area contributed by atoms with E-state index in [4.69, 9.17) is 9.84 Å². The summed E-state index contributed by atoms with van der Waals surface area (Å²) in [6, 6.07) is 0. The molecule has 0 saturated heterocycles. The predicted octanol–water partition coefficient (Wildman–Crippen LogP) is 2.20. The second-order valence-electron chi connectivity index (χ2n) is 4.77. The van der Waals surface area contributed by atoms with Gasteiger partial charge in [-0.05, 0) is 57.6 Å². The van der Waals surface area contributed by atoms with Crippen LogP contribution in [0.25, 0.3) is 0 Å². The van der Waals surface area contributed by atoms with Crippen molar-refractivity contribution >= 4 is 17.7 Å². The molecule has 114 valence electrons. The second-order valence-corrected chi connectivity index (χ2v) is 6.00. The Balaban J connectivity index is 4.08. The Hall–Kier alpha value is -0.260. The third-order valence-electron chi connectivity index (χ3n) is 2.90. The molecule has 0 fully saturated rings. The van der Waals surface area contributed by atoms with Crippen LogP contribution in [0, 0.1) is 0 Å². The first-order valence-corrected chi connectivity index (χ1v) is 8.37. The van der Waals surface area contributed by atoms with Gasteiger partial charge in [0, 0.05) is 6.61 Å². The molecule has 1 unspecified atom stereocenters. The number of hydrogen-bond acceptors (Lipinski definition) is 5. The lowest BCUT2D eigenvalue weighted by Gasteiger charge is -2.28. The average Bonchev–Trinajstić information content (AvgIpc) is 2.40. The third kappa shape index (κ3) is 8.50. The Kier molecular flexibility index (Phi) is 11.4. The van der Waals surface area contributed by atoms with Gasteiger partial charge in [-0.15, -0.1) is 0 Å². The summed E-state index contributed by atoms with van der Waals surface area (Å²) < 4.78 is 5.16. The maximum atomic E-state index is 12.0. The summed E-state index contributed by atoms with van der Waals surface area (Å²) in [5, 5.41) is 12.0. The van der Waals surface area contributed by atoms with E-state index in [-0.39, 0.29) is 12.6 Å². The van der Waals surface area contributed by atoms with Gasteiger partial charge in [-0.1, -0.05) is 6.92 Å². The molecule has 0 aliphatic rings. The fraction of sp³-hybridized carbons (Fsp3) is 0.929. The van der Waals surface area contributed by atoms with Crippen LogP contribution in [0.3, 0.4) is 0 Å². The van der Waals surface area contributed by atoms with Gasteiger partial charge in [0.1, 0.15) is 5.54 Å². The largest absolute Gasteiger partial charge is 0.465 e. The van der Waals surface area contributed by atoms with E-state index in [1.165, 1.54) is 0 Å². The number of carbonyl (C=O) groups excluding carboxylic acids is 1. The molecule has 0 rings (SSSR count). The standard InChI is InChI=1S/C14H29NO3S/c1-4-9-15-14(3,13(17)18-5-2)8-6-11-19-12-7-10-16/h15-16H,4-12H2,1-3H3. The molecule has 0 aliphatic heterocycles. The van der Waals surface area contributed by atoms with Gasteiger partial charge in [0.05, 0.1) is 6.61 Å². The highest BCUT2D eigenvalue weighted by Gasteiger charge is 2.33. The zero-order valence-electron chi connectivity index (χ0n) is 12.5. The van der Waals surface area contributed by atoms with Gasteiger partial charge in [0.25, 0.3) is 0 Å². The van der Waals surface area contributed by atoms with Crippen LogP contribution < -0.4 is 5.32 Å². The van der Waals surface area contributed by atoms with Gasteiger partial charge in [-0.2, -0.15) is 11.8 Å². The minimum Gasteiger partial charge on any atom is -0.465 e. The highest BCUT2D eigenvalue weighted by atomic mass is 32.2. The van der Waals surface area contributed by atoms with Gasteiger partial charge in [0.2, 0.25) is 0 Å². The molecule has 0 saturated carbocycles. The maximum absolute atomic E-state index is 12.0. The van der Waals surface area contributed by atoms with Crippen molar-refractivity contribution in [3.63, 3.8) is 0 Å². The van der Waals surface area contributed by atoms with Crippen molar-refractivity contribution < 1.29 is 14.6 Å². The lowest BCUT2D eigenvalue weighted by Crippen LogP contribution is -2.50. The van der Waals surface area contributed by atoms with E-state index >= 15 is 0 Å². The van der Waals surface area contributed by atoms with E-state index in [9.17, 15) is 4.79 Å². The van der Waals surface area contributed by atoms with Crippen molar-refractivity contribution in [1.82, 2.24) is 5.32 Å². The molecule has 0 radical (unpaired) electrons. The van der Waals surface area contributed by atoms with Crippen LogP contribution in [0.5, 0.6) is 0 Å². The summed E-state index contributed by atoms with van der Waals surface area (Å²) >= 11 is 1.83. The number of aliphatic hydroxyl groups excluding tert-OH is 1. The number of aliphatic hydroxyl groups is 1. The summed E-state index contributed by atoms with van der Waals surface area (Å²) in [5.41, 5.74) is -0.566. The molecule has 0 aromatic carbocycles.